The van der Waals surface area contributed by atoms with Crippen molar-refractivity contribution in [2.24, 2.45) is 0 Å². The summed E-state index contributed by atoms with van der Waals surface area (Å²) in [6, 6.07) is 10.0. The molecule has 19 heavy (non-hydrogen) atoms. The first kappa shape index (κ1) is 11.7. The predicted molar refractivity (Wildman–Crippen MR) is 76.5 cm³/mol. The standard InChI is InChI=1S/C16H14N2O/c1-12(19)18-11-15-5-3-2-4-13(15)6-7-14-10-17-9-8-16(14)18/h2-10H,11H2,1H3. The normalized spacial score (nSPS) is 13.2. The van der Waals surface area contributed by atoms with Gasteiger partial charge in [0.2, 0.25) is 5.91 Å². The highest BCUT2D eigenvalue weighted by Crippen LogP contribution is 2.27. The molecule has 0 radical (unpaired) electrons. The molecule has 1 aliphatic heterocycles. The molecule has 0 fully saturated rings. The largest absolute Gasteiger partial charge is 0.308 e. The van der Waals surface area contributed by atoms with Gasteiger partial charge in [-0.1, -0.05) is 36.4 Å². The molecule has 1 aromatic heterocycles. The second-order valence-electron chi connectivity index (χ2n) is 4.57. The first-order valence-corrected chi connectivity index (χ1v) is 6.24. The molecule has 0 N–H and O–H groups in total. The van der Waals surface area contributed by atoms with E-state index in [1.807, 2.05) is 24.3 Å². The van der Waals surface area contributed by atoms with E-state index in [1.54, 1.807) is 24.2 Å². The van der Waals surface area contributed by atoms with Crippen molar-refractivity contribution in [2.75, 3.05) is 4.90 Å². The van der Waals surface area contributed by atoms with Gasteiger partial charge in [-0.05, 0) is 17.2 Å². The molecule has 3 nitrogen and oxygen atoms in total. The van der Waals surface area contributed by atoms with E-state index in [4.69, 9.17) is 0 Å². The summed E-state index contributed by atoms with van der Waals surface area (Å²) in [7, 11) is 0. The number of hydrogen-bond acceptors (Lipinski definition) is 2. The molecule has 3 heteroatoms. The molecular formula is C16H14N2O. The molecule has 0 atom stereocenters. The summed E-state index contributed by atoms with van der Waals surface area (Å²) in [6.45, 7) is 2.19. The lowest BCUT2D eigenvalue weighted by atomic mass is 10.0. The molecule has 1 aliphatic rings. The highest BCUT2D eigenvalue weighted by atomic mass is 16.2. The molecule has 3 rings (SSSR count). The van der Waals surface area contributed by atoms with Gasteiger partial charge in [0.15, 0.2) is 0 Å². The van der Waals surface area contributed by atoms with Gasteiger partial charge >= 0.3 is 0 Å². The molecule has 2 aromatic rings. The van der Waals surface area contributed by atoms with Crippen molar-refractivity contribution >= 4 is 23.7 Å². The van der Waals surface area contributed by atoms with E-state index in [1.165, 1.54) is 0 Å². The van der Waals surface area contributed by atoms with Crippen molar-refractivity contribution in [1.82, 2.24) is 4.98 Å². The summed E-state index contributed by atoms with van der Waals surface area (Å²) >= 11 is 0. The van der Waals surface area contributed by atoms with E-state index >= 15 is 0 Å². The zero-order chi connectivity index (χ0) is 13.2. The number of fused-ring (bicyclic) bond motifs is 2. The lowest BCUT2D eigenvalue weighted by molar-refractivity contribution is -0.116. The molecule has 0 bridgehead atoms. The summed E-state index contributed by atoms with van der Waals surface area (Å²) in [5.74, 6) is 0.0394. The van der Waals surface area contributed by atoms with Crippen LogP contribution in [0.1, 0.15) is 23.6 Å². The Bertz CT molecular complexity index is 661. The van der Waals surface area contributed by atoms with Gasteiger partial charge in [-0.3, -0.25) is 9.78 Å². The SMILES string of the molecule is CC(=O)N1Cc2ccccc2C=Cc2cnccc21. The molecule has 94 valence electrons. The van der Waals surface area contributed by atoms with Crippen molar-refractivity contribution in [1.29, 1.82) is 0 Å². The van der Waals surface area contributed by atoms with Crippen LogP contribution in [0, 0.1) is 0 Å². The average Bonchev–Trinajstić information content (AvgIpc) is 2.41. The van der Waals surface area contributed by atoms with Crippen LogP contribution >= 0.6 is 0 Å². The molecule has 1 amide bonds. The lowest BCUT2D eigenvalue weighted by Crippen LogP contribution is -2.29. The van der Waals surface area contributed by atoms with E-state index in [0.29, 0.717) is 6.54 Å². The van der Waals surface area contributed by atoms with Gasteiger partial charge in [0.1, 0.15) is 0 Å². The highest BCUT2D eigenvalue weighted by Gasteiger charge is 2.17. The maximum atomic E-state index is 11.9. The lowest BCUT2D eigenvalue weighted by Gasteiger charge is -2.25. The summed E-state index contributed by atoms with van der Waals surface area (Å²) in [6.07, 6.45) is 7.59. The van der Waals surface area contributed by atoms with Crippen molar-refractivity contribution in [2.45, 2.75) is 13.5 Å². The molecule has 0 saturated carbocycles. The number of carbonyl (C=O) groups is 1. The molecule has 0 saturated heterocycles. The van der Waals surface area contributed by atoms with Gasteiger partial charge < -0.3 is 4.90 Å². The molecule has 0 aliphatic carbocycles. The number of rotatable bonds is 0. The smallest absolute Gasteiger partial charge is 0.224 e. The summed E-state index contributed by atoms with van der Waals surface area (Å²) < 4.78 is 0. The van der Waals surface area contributed by atoms with E-state index in [9.17, 15) is 4.79 Å². The monoisotopic (exact) mass is 250 g/mol. The van der Waals surface area contributed by atoms with E-state index < -0.39 is 0 Å². The first-order chi connectivity index (χ1) is 9.25. The molecule has 0 spiro atoms. The Labute approximate surface area is 112 Å². The number of aromatic nitrogens is 1. The Balaban J connectivity index is 2.19. The predicted octanol–water partition coefficient (Wildman–Crippen LogP) is 3.12. The van der Waals surface area contributed by atoms with Gasteiger partial charge in [-0.2, -0.15) is 0 Å². The van der Waals surface area contributed by atoms with Crippen molar-refractivity contribution in [3.05, 3.63) is 59.4 Å². The topological polar surface area (TPSA) is 33.2 Å². The van der Waals surface area contributed by atoms with Gasteiger partial charge in [-0.15, -0.1) is 0 Å². The number of hydrogen-bond donors (Lipinski definition) is 0. The minimum atomic E-state index is 0.0394. The minimum Gasteiger partial charge on any atom is -0.308 e. The second kappa shape index (κ2) is 4.69. The Morgan fingerprint density at radius 3 is 2.79 bits per heavy atom. The third kappa shape index (κ3) is 2.15. The Morgan fingerprint density at radius 2 is 1.95 bits per heavy atom. The Kier molecular flexibility index (Phi) is 2.88. The van der Waals surface area contributed by atoms with E-state index in [0.717, 1.165) is 22.4 Å². The van der Waals surface area contributed by atoms with Crippen LogP contribution in [0.3, 0.4) is 0 Å². The van der Waals surface area contributed by atoms with Crippen LogP contribution in [-0.2, 0) is 11.3 Å². The Morgan fingerprint density at radius 1 is 1.16 bits per heavy atom. The maximum Gasteiger partial charge on any atom is 0.224 e. The van der Waals surface area contributed by atoms with Crippen LogP contribution in [-0.4, -0.2) is 10.9 Å². The van der Waals surface area contributed by atoms with Gasteiger partial charge in [0.05, 0.1) is 12.2 Å². The summed E-state index contributed by atoms with van der Waals surface area (Å²) in [5, 5.41) is 0. The summed E-state index contributed by atoms with van der Waals surface area (Å²) in [4.78, 5) is 17.8. The fraction of sp³-hybridized carbons (Fsp3) is 0.125. The maximum absolute atomic E-state index is 11.9. The highest BCUT2D eigenvalue weighted by molar-refractivity contribution is 5.95. The van der Waals surface area contributed by atoms with E-state index in [-0.39, 0.29) is 5.91 Å². The number of benzene rings is 1. The van der Waals surface area contributed by atoms with Crippen molar-refractivity contribution < 1.29 is 4.79 Å². The average molecular weight is 250 g/mol. The number of pyridine rings is 1. The quantitative estimate of drug-likeness (QED) is 0.719. The van der Waals surface area contributed by atoms with Crippen LogP contribution in [0.4, 0.5) is 5.69 Å². The van der Waals surface area contributed by atoms with Gasteiger partial charge in [0.25, 0.3) is 0 Å². The number of nitrogens with zero attached hydrogens (tertiary/aromatic N) is 2. The third-order valence-corrected chi connectivity index (χ3v) is 3.32. The fourth-order valence-electron chi connectivity index (χ4n) is 2.33. The van der Waals surface area contributed by atoms with E-state index in [2.05, 4.69) is 23.2 Å². The summed E-state index contributed by atoms with van der Waals surface area (Å²) in [5.41, 5.74) is 4.17. The number of amides is 1. The van der Waals surface area contributed by atoms with Crippen molar-refractivity contribution in [3.63, 3.8) is 0 Å². The van der Waals surface area contributed by atoms with Crippen LogP contribution in [0.5, 0.6) is 0 Å². The minimum absolute atomic E-state index is 0.0394. The third-order valence-electron chi connectivity index (χ3n) is 3.32. The van der Waals surface area contributed by atoms with Crippen molar-refractivity contribution in [3.8, 4) is 0 Å². The van der Waals surface area contributed by atoms with Gasteiger partial charge in [0, 0.05) is 24.9 Å². The molecule has 2 heterocycles. The van der Waals surface area contributed by atoms with Crippen LogP contribution in [0.2, 0.25) is 0 Å². The zero-order valence-corrected chi connectivity index (χ0v) is 10.7. The molecule has 1 aromatic carbocycles. The molecule has 0 unspecified atom stereocenters. The second-order valence-corrected chi connectivity index (χ2v) is 4.57. The zero-order valence-electron chi connectivity index (χ0n) is 10.7. The number of carbonyl (C=O) groups excluding carboxylic acids is 1. The molecular weight excluding hydrogens is 236 g/mol. The Hall–Kier alpha value is -2.42. The number of anilines is 1. The van der Waals surface area contributed by atoms with Gasteiger partial charge in [-0.25, -0.2) is 0 Å². The van der Waals surface area contributed by atoms with Crippen LogP contribution < -0.4 is 4.90 Å². The fourth-order valence-corrected chi connectivity index (χ4v) is 2.33. The van der Waals surface area contributed by atoms with Crippen LogP contribution in [0.25, 0.3) is 12.2 Å². The van der Waals surface area contributed by atoms with Crippen LogP contribution in [0.15, 0.2) is 42.7 Å². The first-order valence-electron chi connectivity index (χ1n) is 6.24.